The number of pyridine rings is 1. The second-order valence-corrected chi connectivity index (χ2v) is 2.67. The first-order valence-corrected chi connectivity index (χ1v) is 3.67. The number of methoxy groups -OCH3 is 1. The summed E-state index contributed by atoms with van der Waals surface area (Å²) in [7, 11) is 1.31. The summed E-state index contributed by atoms with van der Waals surface area (Å²) in [6.45, 7) is 0. The molecule has 0 radical (unpaired) electrons. The van der Waals surface area contributed by atoms with Crippen molar-refractivity contribution in [1.82, 2.24) is 4.98 Å². The van der Waals surface area contributed by atoms with Crippen LogP contribution in [0.4, 0.5) is 10.1 Å². The van der Waals surface area contributed by atoms with Gasteiger partial charge in [-0.3, -0.25) is 0 Å². The van der Waals surface area contributed by atoms with Gasteiger partial charge in [-0.05, 0) is 0 Å². The summed E-state index contributed by atoms with van der Waals surface area (Å²) >= 11 is 10.9. The van der Waals surface area contributed by atoms with Gasteiger partial charge in [0.1, 0.15) is 5.69 Å². The number of halogens is 3. The second kappa shape index (κ2) is 3.33. The molecule has 0 bridgehead atoms. The molecule has 0 unspecified atom stereocenters. The van der Waals surface area contributed by atoms with Crippen molar-refractivity contribution in [3.05, 3.63) is 16.1 Å². The summed E-state index contributed by atoms with van der Waals surface area (Å²) in [6, 6.07) is 0. The summed E-state index contributed by atoms with van der Waals surface area (Å²) in [5, 5.41) is -0.417. The molecule has 1 aromatic heterocycles. The van der Waals surface area contributed by atoms with Gasteiger partial charge in [0.15, 0.2) is 21.9 Å². The van der Waals surface area contributed by atoms with Crippen molar-refractivity contribution in [2.45, 2.75) is 0 Å². The Labute approximate surface area is 78.2 Å². The molecule has 2 N–H and O–H groups in total. The Morgan fingerprint density at radius 1 is 1.42 bits per heavy atom. The van der Waals surface area contributed by atoms with Crippen molar-refractivity contribution in [2.24, 2.45) is 0 Å². The molecule has 0 saturated heterocycles. The van der Waals surface area contributed by atoms with E-state index in [1.807, 2.05) is 0 Å². The molecule has 1 rings (SSSR count). The molecule has 1 aromatic rings. The highest BCUT2D eigenvalue weighted by atomic mass is 35.5. The molecule has 0 fully saturated rings. The lowest BCUT2D eigenvalue weighted by Crippen LogP contribution is -1.99. The average Bonchev–Trinajstić information content (AvgIpc) is 2.01. The first-order chi connectivity index (χ1) is 5.57. The minimum absolute atomic E-state index is 0.00133. The molecule has 0 spiro atoms. The topological polar surface area (TPSA) is 48.1 Å². The molecule has 0 saturated carbocycles. The average molecular weight is 211 g/mol. The Morgan fingerprint density at radius 3 is 2.50 bits per heavy atom. The highest BCUT2D eigenvalue weighted by Crippen LogP contribution is 2.33. The number of hydrogen-bond acceptors (Lipinski definition) is 3. The van der Waals surface area contributed by atoms with E-state index >= 15 is 0 Å². The number of nitrogen functional groups attached to an aromatic ring is 1. The maximum absolute atomic E-state index is 12.9. The van der Waals surface area contributed by atoms with Crippen LogP contribution in [0.2, 0.25) is 10.3 Å². The first-order valence-electron chi connectivity index (χ1n) is 2.92. The number of aromatic nitrogens is 1. The van der Waals surface area contributed by atoms with Crippen molar-refractivity contribution in [1.29, 1.82) is 0 Å². The standard InChI is InChI=1S/C6H5Cl2FN2O/c1-12-4-3(10)2(9)5(7)11-6(4)8/h1H3,(H2,10,11). The van der Waals surface area contributed by atoms with Crippen LogP contribution in [0, 0.1) is 5.82 Å². The number of anilines is 1. The van der Waals surface area contributed by atoms with Gasteiger partial charge in [-0.25, -0.2) is 9.37 Å². The van der Waals surface area contributed by atoms with Gasteiger partial charge < -0.3 is 10.5 Å². The third-order valence-corrected chi connectivity index (χ3v) is 1.76. The van der Waals surface area contributed by atoms with Crippen LogP contribution in [0.15, 0.2) is 0 Å². The molecule has 66 valence electrons. The Balaban J connectivity index is 3.40. The van der Waals surface area contributed by atoms with E-state index in [0.29, 0.717) is 0 Å². The van der Waals surface area contributed by atoms with Crippen molar-refractivity contribution in [3.63, 3.8) is 0 Å². The zero-order valence-corrected chi connectivity index (χ0v) is 7.58. The van der Waals surface area contributed by atoms with Gasteiger partial charge >= 0.3 is 0 Å². The van der Waals surface area contributed by atoms with E-state index in [2.05, 4.69) is 4.98 Å². The van der Waals surface area contributed by atoms with E-state index in [-0.39, 0.29) is 21.7 Å². The molecule has 3 nitrogen and oxygen atoms in total. The molecule has 0 atom stereocenters. The van der Waals surface area contributed by atoms with Gasteiger partial charge in [-0.15, -0.1) is 0 Å². The van der Waals surface area contributed by atoms with E-state index < -0.39 is 5.82 Å². The Hall–Kier alpha value is -0.740. The highest BCUT2D eigenvalue weighted by Gasteiger charge is 2.15. The summed E-state index contributed by atoms with van der Waals surface area (Å²) in [6.07, 6.45) is 0. The number of ether oxygens (including phenoxy) is 1. The lowest BCUT2D eigenvalue weighted by molar-refractivity contribution is 0.412. The number of rotatable bonds is 1. The molecule has 0 aromatic carbocycles. The molecular weight excluding hydrogens is 206 g/mol. The quantitative estimate of drug-likeness (QED) is 0.723. The van der Waals surface area contributed by atoms with Crippen molar-refractivity contribution < 1.29 is 9.13 Å². The number of nitrogens with zero attached hydrogens (tertiary/aromatic N) is 1. The summed E-state index contributed by atoms with van der Waals surface area (Å²) < 4.78 is 17.6. The largest absolute Gasteiger partial charge is 0.491 e. The highest BCUT2D eigenvalue weighted by molar-refractivity contribution is 6.34. The van der Waals surface area contributed by atoms with E-state index in [1.54, 1.807) is 0 Å². The minimum atomic E-state index is -0.821. The summed E-state index contributed by atoms with van der Waals surface area (Å²) in [4.78, 5) is 3.46. The fourth-order valence-electron chi connectivity index (χ4n) is 0.702. The zero-order chi connectivity index (χ0) is 9.30. The Bertz CT molecular complexity index is 319. The summed E-state index contributed by atoms with van der Waals surface area (Å²) in [5.74, 6) is -0.823. The smallest absolute Gasteiger partial charge is 0.187 e. The fraction of sp³-hybridized carbons (Fsp3) is 0.167. The predicted octanol–water partition coefficient (Wildman–Crippen LogP) is 2.12. The molecular formula is C6H5Cl2FN2O. The van der Waals surface area contributed by atoms with Crippen molar-refractivity contribution in [2.75, 3.05) is 12.8 Å². The Morgan fingerprint density at radius 2 is 2.00 bits per heavy atom. The normalized spacial score (nSPS) is 10.0. The molecule has 0 aliphatic rings. The molecule has 1 heterocycles. The van der Waals surface area contributed by atoms with Crippen molar-refractivity contribution >= 4 is 28.9 Å². The molecule has 0 amide bonds. The van der Waals surface area contributed by atoms with Gasteiger partial charge in [0.2, 0.25) is 0 Å². The van der Waals surface area contributed by atoms with Gasteiger partial charge in [0, 0.05) is 0 Å². The lowest BCUT2D eigenvalue weighted by atomic mass is 10.4. The van der Waals surface area contributed by atoms with Crippen LogP contribution in [0.5, 0.6) is 5.75 Å². The maximum Gasteiger partial charge on any atom is 0.187 e. The molecule has 6 heteroatoms. The van der Waals surface area contributed by atoms with Crippen LogP contribution >= 0.6 is 23.2 Å². The van der Waals surface area contributed by atoms with Gasteiger partial charge in [0.25, 0.3) is 0 Å². The minimum Gasteiger partial charge on any atom is -0.491 e. The number of hydrogen-bond donors (Lipinski definition) is 1. The summed E-state index contributed by atoms with van der Waals surface area (Å²) in [5.41, 5.74) is 5.05. The third-order valence-electron chi connectivity index (χ3n) is 1.25. The number of nitrogens with two attached hydrogens (primary N) is 1. The first kappa shape index (κ1) is 9.35. The van der Waals surface area contributed by atoms with E-state index in [1.165, 1.54) is 7.11 Å². The lowest BCUT2D eigenvalue weighted by Gasteiger charge is -2.06. The van der Waals surface area contributed by atoms with Gasteiger partial charge in [-0.1, -0.05) is 23.2 Å². The van der Waals surface area contributed by atoms with Gasteiger partial charge in [-0.2, -0.15) is 0 Å². The van der Waals surface area contributed by atoms with E-state index in [0.717, 1.165) is 0 Å². The van der Waals surface area contributed by atoms with Crippen LogP contribution in [0.1, 0.15) is 0 Å². The molecule has 12 heavy (non-hydrogen) atoms. The van der Waals surface area contributed by atoms with Crippen LogP contribution < -0.4 is 10.5 Å². The fourth-order valence-corrected chi connectivity index (χ4v) is 1.20. The molecule has 0 aliphatic carbocycles. The van der Waals surface area contributed by atoms with E-state index in [9.17, 15) is 4.39 Å². The van der Waals surface area contributed by atoms with E-state index in [4.69, 9.17) is 33.7 Å². The van der Waals surface area contributed by atoms with Crippen molar-refractivity contribution in [3.8, 4) is 5.75 Å². The molecule has 0 aliphatic heterocycles. The third kappa shape index (κ3) is 1.40. The van der Waals surface area contributed by atoms with Gasteiger partial charge in [0.05, 0.1) is 7.11 Å². The van der Waals surface area contributed by atoms with Crippen LogP contribution in [-0.4, -0.2) is 12.1 Å². The predicted molar refractivity (Wildman–Crippen MR) is 45.2 cm³/mol. The van der Waals surface area contributed by atoms with Crippen LogP contribution in [-0.2, 0) is 0 Å². The Kier molecular flexibility index (Phi) is 2.59. The van der Waals surface area contributed by atoms with Crippen LogP contribution in [0.3, 0.4) is 0 Å². The maximum atomic E-state index is 12.9. The zero-order valence-electron chi connectivity index (χ0n) is 6.07. The second-order valence-electron chi connectivity index (χ2n) is 1.95. The SMILES string of the molecule is COc1c(Cl)nc(Cl)c(F)c1N. The monoisotopic (exact) mass is 210 g/mol. The van der Waals surface area contributed by atoms with Crippen LogP contribution in [0.25, 0.3) is 0 Å².